The molecule has 4 nitrogen and oxygen atoms in total. The van der Waals surface area contributed by atoms with E-state index in [0.717, 1.165) is 11.8 Å². The summed E-state index contributed by atoms with van der Waals surface area (Å²) in [5.74, 6) is 0. The number of rotatable bonds is 3. The third-order valence-corrected chi connectivity index (χ3v) is 3.35. The second-order valence-corrected chi connectivity index (χ2v) is 7.77. The second kappa shape index (κ2) is 6.11. The molecule has 1 N–H and O–H groups in total. The molecule has 0 aliphatic heterocycles. The zero-order valence-electron chi connectivity index (χ0n) is 14.6. The zero-order valence-corrected chi connectivity index (χ0v) is 14.6. The summed E-state index contributed by atoms with van der Waals surface area (Å²) < 4.78 is 5.23. The maximum absolute atomic E-state index is 11.9. The predicted octanol–water partition coefficient (Wildman–Crippen LogP) is 3.92. The molecule has 0 aliphatic rings. The second-order valence-electron chi connectivity index (χ2n) is 7.77. The molecule has 0 saturated carbocycles. The third kappa shape index (κ3) is 4.86. The standard InChI is InChI=1S/C18H27NO3/c1-16(2,3)13-8-10-14(11-9-13)18(7,12-20)19-15(21)22-17(4,5)6/h8-12H,1-7H3,(H,19,21). The van der Waals surface area contributed by atoms with E-state index in [2.05, 4.69) is 26.1 Å². The number of carbonyl (C=O) groups excluding carboxylic acids is 2. The number of hydrogen-bond donors (Lipinski definition) is 1. The lowest BCUT2D eigenvalue weighted by molar-refractivity contribution is -0.113. The largest absolute Gasteiger partial charge is 0.444 e. The van der Waals surface area contributed by atoms with Gasteiger partial charge in [-0.2, -0.15) is 0 Å². The molecule has 0 bridgehead atoms. The van der Waals surface area contributed by atoms with Crippen LogP contribution in [0, 0.1) is 0 Å². The van der Waals surface area contributed by atoms with E-state index < -0.39 is 17.2 Å². The van der Waals surface area contributed by atoms with Crippen molar-refractivity contribution in [3.8, 4) is 0 Å². The Balaban J connectivity index is 2.99. The maximum atomic E-state index is 11.9. The molecule has 0 radical (unpaired) electrons. The first-order valence-corrected chi connectivity index (χ1v) is 7.46. The van der Waals surface area contributed by atoms with Crippen molar-refractivity contribution in [1.29, 1.82) is 0 Å². The number of carbonyl (C=O) groups is 2. The number of amides is 1. The topological polar surface area (TPSA) is 55.4 Å². The molecule has 0 aliphatic carbocycles. The van der Waals surface area contributed by atoms with Gasteiger partial charge >= 0.3 is 6.09 Å². The zero-order chi connectivity index (χ0) is 17.2. The van der Waals surface area contributed by atoms with Crippen molar-refractivity contribution in [1.82, 2.24) is 5.32 Å². The van der Waals surface area contributed by atoms with Gasteiger partial charge in [0.25, 0.3) is 0 Å². The Morgan fingerprint density at radius 3 is 1.77 bits per heavy atom. The van der Waals surface area contributed by atoms with Crippen molar-refractivity contribution >= 4 is 12.4 Å². The molecule has 0 aromatic heterocycles. The first kappa shape index (κ1) is 18.2. The van der Waals surface area contributed by atoms with Gasteiger partial charge in [-0.25, -0.2) is 4.79 Å². The third-order valence-electron chi connectivity index (χ3n) is 3.35. The van der Waals surface area contributed by atoms with Crippen LogP contribution in [-0.2, 0) is 20.5 Å². The van der Waals surface area contributed by atoms with Gasteiger partial charge in [-0.1, -0.05) is 45.0 Å². The molecule has 1 unspecified atom stereocenters. The van der Waals surface area contributed by atoms with Crippen LogP contribution in [0.4, 0.5) is 4.79 Å². The molecule has 22 heavy (non-hydrogen) atoms. The van der Waals surface area contributed by atoms with Crippen LogP contribution in [-0.4, -0.2) is 18.0 Å². The van der Waals surface area contributed by atoms with E-state index in [0.29, 0.717) is 0 Å². The highest BCUT2D eigenvalue weighted by molar-refractivity contribution is 5.77. The average molecular weight is 305 g/mol. The SMILES string of the molecule is CC(C)(C)OC(=O)NC(C)(C=O)c1ccc(C(C)(C)C)cc1. The van der Waals surface area contributed by atoms with Gasteiger partial charge in [0.1, 0.15) is 17.4 Å². The lowest BCUT2D eigenvalue weighted by Gasteiger charge is -2.28. The summed E-state index contributed by atoms with van der Waals surface area (Å²) in [5.41, 5.74) is 0.209. The summed E-state index contributed by atoms with van der Waals surface area (Å²) in [7, 11) is 0. The molecule has 1 atom stereocenters. The summed E-state index contributed by atoms with van der Waals surface area (Å²) in [4.78, 5) is 23.5. The minimum Gasteiger partial charge on any atom is -0.444 e. The van der Waals surface area contributed by atoms with Crippen molar-refractivity contribution < 1.29 is 14.3 Å². The van der Waals surface area contributed by atoms with Crippen LogP contribution in [0.5, 0.6) is 0 Å². The Labute approximate surface area is 133 Å². The van der Waals surface area contributed by atoms with Crippen LogP contribution < -0.4 is 5.32 Å². The molecule has 0 saturated heterocycles. The van der Waals surface area contributed by atoms with Crippen molar-refractivity contribution in [3.05, 3.63) is 35.4 Å². The van der Waals surface area contributed by atoms with Crippen LogP contribution in [0.1, 0.15) is 59.6 Å². The highest BCUT2D eigenvalue weighted by Gasteiger charge is 2.30. The number of alkyl carbamates (subject to hydrolysis) is 1. The molecule has 122 valence electrons. The van der Waals surface area contributed by atoms with Crippen molar-refractivity contribution in [3.63, 3.8) is 0 Å². The fraction of sp³-hybridized carbons (Fsp3) is 0.556. The molecule has 4 heteroatoms. The Bertz CT molecular complexity index is 535. The van der Waals surface area contributed by atoms with Gasteiger partial charge < -0.3 is 14.8 Å². The van der Waals surface area contributed by atoms with Gasteiger partial charge in [0.2, 0.25) is 0 Å². The number of hydrogen-bond acceptors (Lipinski definition) is 3. The van der Waals surface area contributed by atoms with E-state index in [1.807, 2.05) is 24.3 Å². The van der Waals surface area contributed by atoms with Crippen LogP contribution in [0.3, 0.4) is 0 Å². The monoisotopic (exact) mass is 305 g/mol. The lowest BCUT2D eigenvalue weighted by Crippen LogP contribution is -2.46. The molecular formula is C18H27NO3. The van der Waals surface area contributed by atoms with E-state index >= 15 is 0 Å². The number of aldehydes is 1. The van der Waals surface area contributed by atoms with E-state index in [9.17, 15) is 9.59 Å². The lowest BCUT2D eigenvalue weighted by atomic mass is 9.84. The van der Waals surface area contributed by atoms with E-state index in [-0.39, 0.29) is 5.41 Å². The number of nitrogens with one attached hydrogen (secondary N) is 1. The molecule has 0 spiro atoms. The minimum atomic E-state index is -1.11. The predicted molar refractivity (Wildman–Crippen MR) is 87.9 cm³/mol. The van der Waals surface area contributed by atoms with Gasteiger partial charge in [0.05, 0.1) is 0 Å². The Hall–Kier alpha value is -1.84. The molecule has 1 aromatic rings. The van der Waals surface area contributed by atoms with E-state index in [1.165, 1.54) is 5.56 Å². The smallest absolute Gasteiger partial charge is 0.408 e. The Morgan fingerprint density at radius 2 is 1.41 bits per heavy atom. The average Bonchev–Trinajstić information content (AvgIpc) is 2.35. The fourth-order valence-electron chi connectivity index (χ4n) is 2.00. The van der Waals surface area contributed by atoms with Gasteiger partial charge in [-0.05, 0) is 44.2 Å². The maximum Gasteiger partial charge on any atom is 0.408 e. The number of benzene rings is 1. The summed E-state index contributed by atoms with van der Waals surface area (Å²) in [6.45, 7) is 13.4. The molecule has 1 aromatic carbocycles. The minimum absolute atomic E-state index is 0.0364. The quantitative estimate of drug-likeness (QED) is 0.861. The van der Waals surface area contributed by atoms with Crippen LogP contribution >= 0.6 is 0 Å². The fourth-order valence-corrected chi connectivity index (χ4v) is 2.00. The first-order chi connectivity index (χ1) is 9.87. The highest BCUT2D eigenvalue weighted by Crippen LogP contribution is 2.26. The molecular weight excluding hydrogens is 278 g/mol. The van der Waals surface area contributed by atoms with Crippen molar-refractivity contribution in [2.24, 2.45) is 0 Å². The molecule has 1 amide bonds. The van der Waals surface area contributed by atoms with E-state index in [4.69, 9.17) is 4.74 Å². The van der Waals surface area contributed by atoms with Crippen LogP contribution in [0.15, 0.2) is 24.3 Å². The molecule has 0 fully saturated rings. The van der Waals surface area contributed by atoms with Crippen molar-refractivity contribution in [2.75, 3.05) is 0 Å². The summed E-state index contributed by atoms with van der Waals surface area (Å²) >= 11 is 0. The van der Waals surface area contributed by atoms with Crippen LogP contribution in [0.25, 0.3) is 0 Å². The molecule has 0 heterocycles. The summed E-state index contributed by atoms with van der Waals surface area (Å²) in [6.07, 6.45) is 0.116. The van der Waals surface area contributed by atoms with Gasteiger partial charge in [-0.3, -0.25) is 0 Å². The highest BCUT2D eigenvalue weighted by atomic mass is 16.6. The van der Waals surface area contributed by atoms with Gasteiger partial charge in [0, 0.05) is 0 Å². The normalized spacial score (nSPS) is 14.9. The first-order valence-electron chi connectivity index (χ1n) is 7.46. The molecule has 1 rings (SSSR count). The Morgan fingerprint density at radius 1 is 0.955 bits per heavy atom. The van der Waals surface area contributed by atoms with Crippen molar-refractivity contribution in [2.45, 2.75) is 65.0 Å². The van der Waals surface area contributed by atoms with Crippen LogP contribution in [0.2, 0.25) is 0 Å². The number of ether oxygens (including phenoxy) is 1. The summed E-state index contributed by atoms with van der Waals surface area (Å²) in [5, 5.41) is 2.64. The Kier molecular flexibility index (Phi) is 5.06. The van der Waals surface area contributed by atoms with E-state index in [1.54, 1.807) is 27.7 Å². The summed E-state index contributed by atoms with van der Waals surface area (Å²) in [6, 6.07) is 7.69. The van der Waals surface area contributed by atoms with Gasteiger partial charge in [-0.15, -0.1) is 0 Å². The van der Waals surface area contributed by atoms with Gasteiger partial charge in [0.15, 0.2) is 0 Å².